The molecule has 2 aromatic rings. The quantitative estimate of drug-likeness (QED) is 0.0875. The van der Waals surface area contributed by atoms with Crippen molar-refractivity contribution in [2.45, 2.75) is 116 Å². The second-order valence-corrected chi connectivity index (χ2v) is 15.2. The van der Waals surface area contributed by atoms with E-state index in [1.807, 2.05) is 0 Å². The standard InChI is InChI=1S/C40H46GeO24/c1-19(42)52-17-31-33(54-21(3)44)35(56-23(5)46)37(58-25(7)48)39(50,62-31)60-27-9-13-29(14-10-27)64-41-65-30-15-11-28(12-16-30)61-40(51)38(59-26(8)49)36(57-24(6)47)34(55-22(4)45)32(63-40)18-53-20(2)43/h9-16,31-38,50-51H,17-18H2,1-8H3/t31-,32-,33-,34-,35+,36+,37-,38-,39-,40-/m1/s1. The first-order valence-electron chi connectivity index (χ1n) is 19.3. The zero-order valence-electron chi connectivity index (χ0n) is 36.0. The molecule has 65 heavy (non-hydrogen) atoms. The van der Waals surface area contributed by atoms with Gasteiger partial charge in [-0.15, -0.1) is 0 Å². The van der Waals surface area contributed by atoms with E-state index in [0.717, 1.165) is 55.4 Å². The van der Waals surface area contributed by atoms with Crippen molar-refractivity contribution in [1.29, 1.82) is 0 Å². The summed E-state index contributed by atoms with van der Waals surface area (Å²) in [6.45, 7) is 7.07. The average molecular weight is 983 g/mol. The van der Waals surface area contributed by atoms with Gasteiger partial charge in [0.2, 0.25) is 0 Å². The molecule has 0 bridgehead atoms. The number of carbonyl (C=O) groups is 8. The maximum absolute atomic E-state index is 12.2. The molecule has 0 aliphatic carbocycles. The number of aliphatic hydroxyl groups is 2. The minimum Gasteiger partial charge on any atom is -0.253 e. The number of esters is 8. The zero-order valence-corrected chi connectivity index (χ0v) is 38.1. The molecular weight excluding hydrogens is 937 g/mol. The van der Waals surface area contributed by atoms with Crippen molar-refractivity contribution < 1.29 is 113 Å². The molecule has 24 nitrogen and oxygen atoms in total. The van der Waals surface area contributed by atoms with Crippen molar-refractivity contribution in [2.75, 3.05) is 13.2 Å². The fourth-order valence-corrected chi connectivity index (χ4v) is 7.33. The molecule has 0 aromatic heterocycles. The first kappa shape index (κ1) is 51.4. The van der Waals surface area contributed by atoms with Gasteiger partial charge in [0.05, 0.1) is 0 Å². The predicted octanol–water partition coefficient (Wildman–Crippen LogP) is 0.242. The Balaban J connectivity index is 1.47. The van der Waals surface area contributed by atoms with Crippen LogP contribution in [0, 0.1) is 0 Å². The van der Waals surface area contributed by atoms with E-state index in [2.05, 4.69) is 0 Å². The molecule has 2 aromatic carbocycles. The number of hydrogen-bond donors (Lipinski definition) is 2. The molecule has 10 atom stereocenters. The molecule has 0 unspecified atom stereocenters. The fraction of sp³-hybridized carbons (Fsp3) is 0.500. The summed E-state index contributed by atoms with van der Waals surface area (Å²) in [5, 5.41) is 23.4. The Labute approximate surface area is 376 Å². The Kier molecular flexibility index (Phi) is 17.9. The topological polar surface area (TPSA) is 306 Å². The molecule has 0 amide bonds. The predicted molar refractivity (Wildman–Crippen MR) is 207 cm³/mol. The first-order valence-corrected chi connectivity index (χ1v) is 21.0. The first-order chi connectivity index (χ1) is 30.5. The fourth-order valence-electron chi connectivity index (χ4n) is 6.26. The van der Waals surface area contributed by atoms with Crippen LogP contribution in [0.3, 0.4) is 0 Å². The number of rotatable bonds is 18. The van der Waals surface area contributed by atoms with Crippen LogP contribution in [-0.2, 0) is 85.7 Å². The van der Waals surface area contributed by atoms with Crippen molar-refractivity contribution in [1.82, 2.24) is 0 Å². The molecular formula is C40H46GeO24. The normalized spacial score (nSPS) is 27.0. The Hall–Kier alpha value is -6.22. The van der Waals surface area contributed by atoms with Gasteiger partial charge in [-0.3, -0.25) is 19.2 Å². The second-order valence-electron chi connectivity index (χ2n) is 14.0. The Morgan fingerprint density at radius 1 is 0.446 bits per heavy atom. The third-order valence-corrected chi connectivity index (χ3v) is 9.87. The number of benzene rings is 2. The number of hydrogen-bond acceptors (Lipinski definition) is 24. The van der Waals surface area contributed by atoms with E-state index in [-0.39, 0.29) is 23.0 Å². The summed E-state index contributed by atoms with van der Waals surface area (Å²) in [5.41, 5.74) is 0. The molecule has 0 spiro atoms. The van der Waals surface area contributed by atoms with Crippen molar-refractivity contribution in [3.8, 4) is 23.0 Å². The molecule has 2 N–H and O–H groups in total. The van der Waals surface area contributed by atoms with Crippen LogP contribution in [-0.4, -0.2) is 148 Å². The van der Waals surface area contributed by atoms with Crippen molar-refractivity contribution in [2.24, 2.45) is 0 Å². The molecule has 2 aliphatic heterocycles. The van der Waals surface area contributed by atoms with Gasteiger partial charge in [0.25, 0.3) is 0 Å². The van der Waals surface area contributed by atoms with Gasteiger partial charge in [-0.2, -0.15) is 0 Å². The van der Waals surface area contributed by atoms with E-state index >= 15 is 0 Å². The summed E-state index contributed by atoms with van der Waals surface area (Å²) in [4.78, 5) is 96.0. The molecule has 354 valence electrons. The third kappa shape index (κ3) is 14.9. The molecule has 2 radical (unpaired) electrons. The van der Waals surface area contributed by atoms with Crippen LogP contribution in [0.1, 0.15) is 55.4 Å². The molecule has 0 saturated carbocycles. The Bertz CT molecular complexity index is 1900. The molecule has 2 aliphatic rings. The van der Waals surface area contributed by atoms with Gasteiger partial charge < -0.3 is 0 Å². The summed E-state index contributed by atoms with van der Waals surface area (Å²) in [6.07, 6.45) is -13.4. The molecule has 2 saturated heterocycles. The van der Waals surface area contributed by atoms with Crippen LogP contribution in [0.25, 0.3) is 0 Å². The Morgan fingerprint density at radius 3 is 1.00 bits per heavy atom. The van der Waals surface area contributed by atoms with Crippen molar-refractivity contribution in [3.05, 3.63) is 48.5 Å². The maximum atomic E-state index is 12.2. The minimum absolute atomic E-state index is 0.0921. The van der Waals surface area contributed by atoms with Gasteiger partial charge in [-0.1, -0.05) is 0 Å². The second kappa shape index (κ2) is 22.6. The van der Waals surface area contributed by atoms with Gasteiger partial charge >= 0.3 is 331 Å². The van der Waals surface area contributed by atoms with Crippen LogP contribution in [0.5, 0.6) is 23.0 Å². The van der Waals surface area contributed by atoms with Crippen LogP contribution in [0.2, 0.25) is 0 Å². The van der Waals surface area contributed by atoms with E-state index in [9.17, 15) is 48.6 Å². The van der Waals surface area contributed by atoms with E-state index in [1.165, 1.54) is 48.5 Å². The third-order valence-electron chi connectivity index (χ3n) is 8.53. The molecule has 25 heteroatoms. The molecule has 2 heterocycles. The van der Waals surface area contributed by atoms with Crippen LogP contribution in [0.15, 0.2) is 48.5 Å². The zero-order chi connectivity index (χ0) is 48.2. The van der Waals surface area contributed by atoms with E-state index in [4.69, 9.17) is 64.4 Å². The molecule has 2 fully saturated rings. The summed E-state index contributed by atoms with van der Waals surface area (Å²) in [7, 11) is 0. The number of ether oxygens (including phenoxy) is 12. The van der Waals surface area contributed by atoms with Gasteiger partial charge in [0, 0.05) is 27.7 Å². The summed E-state index contributed by atoms with van der Waals surface area (Å²) < 4.78 is 76.3. The van der Waals surface area contributed by atoms with Gasteiger partial charge in [-0.25, -0.2) is 0 Å². The van der Waals surface area contributed by atoms with Crippen molar-refractivity contribution in [3.63, 3.8) is 0 Å². The van der Waals surface area contributed by atoms with Crippen LogP contribution < -0.4 is 17.0 Å². The van der Waals surface area contributed by atoms with E-state index in [1.54, 1.807) is 0 Å². The SMILES string of the molecule is CC(=O)OC[C@H]1O[C@](O)(Oc2ccc([O][Ge][O]c3ccc(O[C@@]4(O)O[C@H](COC(C)=O)[C@@H](OC(C)=O)[C@H](OC(C)=O)[C@H]4OC(C)=O)cc3)cc2)[C@H](OC(C)=O)[C@@H](OC(C)=O)[C@@H]1OC(C)=O. The summed E-state index contributed by atoms with van der Waals surface area (Å²) >= 11 is -1.70. The van der Waals surface area contributed by atoms with Crippen LogP contribution >= 0.6 is 0 Å². The monoisotopic (exact) mass is 984 g/mol. The Morgan fingerprint density at radius 2 is 0.723 bits per heavy atom. The van der Waals surface area contributed by atoms with Gasteiger partial charge in [0.15, 0.2) is 0 Å². The average Bonchev–Trinajstić information content (AvgIpc) is 3.19. The smallest absolute Gasteiger partial charge is 0.253 e. The molecule has 4 rings (SSSR count). The number of carbonyl (C=O) groups excluding carboxylic acids is 8. The van der Waals surface area contributed by atoms with Crippen LogP contribution in [0.4, 0.5) is 0 Å². The summed E-state index contributed by atoms with van der Waals surface area (Å²) in [6, 6.07) is 11.0. The summed E-state index contributed by atoms with van der Waals surface area (Å²) in [5.74, 6) is -12.5. The minimum atomic E-state index is -2.91. The van der Waals surface area contributed by atoms with Gasteiger partial charge in [-0.05, 0) is 0 Å². The van der Waals surface area contributed by atoms with E-state index in [0.29, 0.717) is 0 Å². The van der Waals surface area contributed by atoms with Gasteiger partial charge in [0.1, 0.15) is 0 Å². The van der Waals surface area contributed by atoms with E-state index < -0.39 is 138 Å². The van der Waals surface area contributed by atoms with Crippen molar-refractivity contribution >= 4 is 63.9 Å².